The minimum Gasteiger partial charge on any atom is -0.350 e. The SMILES string of the molecule is C[C@H](CCc1ccccc1)NC(=O)c1cc(Nc2cccc(C(F)(F)F)c2)nc2ccccc12. The van der Waals surface area contributed by atoms with Crippen LogP contribution in [0.5, 0.6) is 0 Å². The number of para-hydroxylation sites is 1. The lowest BCUT2D eigenvalue weighted by Gasteiger charge is -2.16. The van der Waals surface area contributed by atoms with Crippen LogP contribution in [0.2, 0.25) is 0 Å². The Balaban J connectivity index is 1.55. The summed E-state index contributed by atoms with van der Waals surface area (Å²) in [6, 6.07) is 23.6. The fourth-order valence-electron chi connectivity index (χ4n) is 3.75. The van der Waals surface area contributed by atoms with Crippen molar-refractivity contribution in [1.82, 2.24) is 10.3 Å². The quantitative estimate of drug-likeness (QED) is 0.319. The zero-order chi connectivity index (χ0) is 24.1. The van der Waals surface area contributed by atoms with E-state index in [1.165, 1.54) is 17.7 Å². The van der Waals surface area contributed by atoms with E-state index in [9.17, 15) is 18.0 Å². The van der Waals surface area contributed by atoms with Crippen molar-refractivity contribution in [2.24, 2.45) is 0 Å². The van der Waals surface area contributed by atoms with Crippen LogP contribution in [0.15, 0.2) is 84.9 Å². The number of aromatic nitrogens is 1. The van der Waals surface area contributed by atoms with E-state index in [4.69, 9.17) is 0 Å². The van der Waals surface area contributed by atoms with Gasteiger partial charge in [-0.15, -0.1) is 0 Å². The molecule has 1 atom stereocenters. The average Bonchev–Trinajstić information content (AvgIpc) is 2.82. The number of hydrogen-bond acceptors (Lipinski definition) is 3. The number of alkyl halides is 3. The van der Waals surface area contributed by atoms with Crippen LogP contribution in [-0.4, -0.2) is 16.9 Å². The van der Waals surface area contributed by atoms with Crippen molar-refractivity contribution in [2.45, 2.75) is 32.0 Å². The Morgan fingerprint density at radius 1 is 0.941 bits per heavy atom. The van der Waals surface area contributed by atoms with E-state index < -0.39 is 11.7 Å². The molecule has 2 N–H and O–H groups in total. The number of rotatable bonds is 7. The van der Waals surface area contributed by atoms with Crippen LogP contribution in [0.1, 0.15) is 34.8 Å². The van der Waals surface area contributed by atoms with Gasteiger partial charge in [0.1, 0.15) is 5.82 Å². The van der Waals surface area contributed by atoms with Crippen LogP contribution in [0.25, 0.3) is 10.9 Å². The molecule has 1 heterocycles. The van der Waals surface area contributed by atoms with Gasteiger partial charge in [-0.2, -0.15) is 13.2 Å². The van der Waals surface area contributed by atoms with Crippen LogP contribution >= 0.6 is 0 Å². The van der Waals surface area contributed by atoms with Crippen molar-refractivity contribution in [3.8, 4) is 0 Å². The summed E-state index contributed by atoms with van der Waals surface area (Å²) in [6.07, 6.45) is -2.84. The minimum absolute atomic E-state index is 0.0699. The molecule has 4 rings (SSSR count). The summed E-state index contributed by atoms with van der Waals surface area (Å²) in [4.78, 5) is 17.6. The molecule has 4 nitrogen and oxygen atoms in total. The number of halogens is 3. The summed E-state index contributed by atoms with van der Waals surface area (Å²) < 4.78 is 39.2. The smallest absolute Gasteiger partial charge is 0.350 e. The number of carbonyl (C=O) groups excluding carboxylic acids is 1. The first-order valence-corrected chi connectivity index (χ1v) is 11.0. The number of pyridine rings is 1. The second-order valence-corrected chi connectivity index (χ2v) is 8.17. The highest BCUT2D eigenvalue weighted by Crippen LogP contribution is 2.31. The molecular formula is C27H24F3N3O. The summed E-state index contributed by atoms with van der Waals surface area (Å²) in [5.41, 5.74) is 1.66. The number of fused-ring (bicyclic) bond motifs is 1. The van der Waals surface area contributed by atoms with Gasteiger partial charge in [-0.05, 0) is 55.7 Å². The highest BCUT2D eigenvalue weighted by atomic mass is 19.4. The fourth-order valence-corrected chi connectivity index (χ4v) is 3.75. The number of nitrogens with zero attached hydrogens (tertiary/aromatic N) is 1. The molecule has 0 spiro atoms. The third-order valence-corrected chi connectivity index (χ3v) is 5.51. The zero-order valence-corrected chi connectivity index (χ0v) is 18.6. The standard InChI is InChI=1S/C27H24F3N3O/c1-18(14-15-19-8-3-2-4-9-19)31-26(34)23-17-25(33-24-13-6-5-12-22(23)24)32-21-11-7-10-20(16-21)27(28,29)30/h2-13,16-18H,14-15H2,1H3,(H,31,34)(H,32,33)/t18-/m1/s1. The molecule has 1 aromatic heterocycles. The number of carbonyl (C=O) groups is 1. The molecule has 4 aromatic rings. The molecule has 0 saturated heterocycles. The van der Waals surface area contributed by atoms with Crippen molar-refractivity contribution in [2.75, 3.05) is 5.32 Å². The number of amides is 1. The second-order valence-electron chi connectivity index (χ2n) is 8.17. The maximum atomic E-state index is 13.2. The maximum absolute atomic E-state index is 13.2. The number of benzene rings is 3. The van der Waals surface area contributed by atoms with E-state index in [2.05, 4.69) is 27.8 Å². The first-order valence-electron chi connectivity index (χ1n) is 11.0. The van der Waals surface area contributed by atoms with Crippen LogP contribution in [0, 0.1) is 0 Å². The zero-order valence-electron chi connectivity index (χ0n) is 18.6. The fraction of sp³-hybridized carbons (Fsp3) is 0.185. The molecule has 174 valence electrons. The van der Waals surface area contributed by atoms with E-state index in [1.54, 1.807) is 24.3 Å². The van der Waals surface area contributed by atoms with Gasteiger partial charge in [0.05, 0.1) is 16.6 Å². The minimum atomic E-state index is -4.45. The van der Waals surface area contributed by atoms with E-state index in [1.807, 2.05) is 31.2 Å². The molecule has 0 aliphatic heterocycles. The molecule has 3 aromatic carbocycles. The molecule has 1 amide bonds. The van der Waals surface area contributed by atoms with Gasteiger partial charge in [0.2, 0.25) is 0 Å². The van der Waals surface area contributed by atoms with Crippen molar-refractivity contribution in [1.29, 1.82) is 0 Å². The van der Waals surface area contributed by atoms with E-state index >= 15 is 0 Å². The molecule has 0 aliphatic carbocycles. The molecular weight excluding hydrogens is 439 g/mol. The first-order chi connectivity index (χ1) is 16.3. The molecule has 0 radical (unpaired) electrons. The second kappa shape index (κ2) is 9.95. The third kappa shape index (κ3) is 5.73. The third-order valence-electron chi connectivity index (χ3n) is 5.51. The van der Waals surface area contributed by atoms with Gasteiger partial charge in [-0.1, -0.05) is 54.6 Å². The van der Waals surface area contributed by atoms with Crippen molar-refractivity contribution < 1.29 is 18.0 Å². The summed E-state index contributed by atoms with van der Waals surface area (Å²) in [5, 5.41) is 6.62. The Kier molecular flexibility index (Phi) is 6.82. The largest absolute Gasteiger partial charge is 0.416 e. The van der Waals surface area contributed by atoms with Crippen molar-refractivity contribution in [3.05, 3.63) is 102 Å². The highest BCUT2D eigenvalue weighted by Gasteiger charge is 2.30. The Hall–Kier alpha value is -3.87. The van der Waals surface area contributed by atoms with Crippen molar-refractivity contribution >= 4 is 28.3 Å². The first kappa shape index (κ1) is 23.3. The summed E-state index contributed by atoms with van der Waals surface area (Å²) in [5.74, 6) is 0.0337. The topological polar surface area (TPSA) is 54.0 Å². The van der Waals surface area contributed by atoms with Crippen LogP contribution in [0.3, 0.4) is 0 Å². The molecule has 0 saturated carbocycles. The van der Waals surface area contributed by atoms with Crippen LogP contribution < -0.4 is 10.6 Å². The summed E-state index contributed by atoms with van der Waals surface area (Å²) in [7, 11) is 0. The van der Waals surface area contributed by atoms with Crippen molar-refractivity contribution in [3.63, 3.8) is 0 Å². The molecule has 0 aliphatic rings. The van der Waals surface area contributed by atoms with Gasteiger partial charge in [0.25, 0.3) is 5.91 Å². The van der Waals surface area contributed by atoms with Gasteiger partial charge < -0.3 is 10.6 Å². The van der Waals surface area contributed by atoms with Gasteiger partial charge >= 0.3 is 6.18 Å². The van der Waals surface area contributed by atoms with Gasteiger partial charge in [-0.3, -0.25) is 4.79 Å². The lowest BCUT2D eigenvalue weighted by atomic mass is 10.0. The lowest BCUT2D eigenvalue weighted by Crippen LogP contribution is -2.33. The Labute approximate surface area is 195 Å². The lowest BCUT2D eigenvalue weighted by molar-refractivity contribution is -0.137. The molecule has 0 fully saturated rings. The summed E-state index contributed by atoms with van der Waals surface area (Å²) >= 11 is 0. The Bertz CT molecular complexity index is 1290. The van der Waals surface area contributed by atoms with E-state index in [0.717, 1.165) is 25.0 Å². The Morgan fingerprint density at radius 3 is 2.44 bits per heavy atom. The Morgan fingerprint density at radius 2 is 1.68 bits per heavy atom. The maximum Gasteiger partial charge on any atom is 0.416 e. The molecule has 7 heteroatoms. The molecule has 0 unspecified atom stereocenters. The number of hydrogen-bond donors (Lipinski definition) is 2. The van der Waals surface area contributed by atoms with Gasteiger partial charge in [0.15, 0.2) is 0 Å². The van der Waals surface area contributed by atoms with Crippen LogP contribution in [0.4, 0.5) is 24.7 Å². The highest BCUT2D eigenvalue weighted by molar-refractivity contribution is 6.07. The number of aryl methyl sites for hydroxylation is 1. The summed E-state index contributed by atoms with van der Waals surface area (Å²) in [6.45, 7) is 1.95. The predicted octanol–water partition coefficient (Wildman–Crippen LogP) is 6.75. The number of nitrogens with one attached hydrogen (secondary N) is 2. The van der Waals surface area contributed by atoms with E-state index in [-0.39, 0.29) is 17.6 Å². The normalized spacial score (nSPS) is 12.4. The monoisotopic (exact) mass is 463 g/mol. The number of anilines is 2. The average molecular weight is 464 g/mol. The van der Waals surface area contributed by atoms with E-state index in [0.29, 0.717) is 22.3 Å². The predicted molar refractivity (Wildman–Crippen MR) is 128 cm³/mol. The molecule has 34 heavy (non-hydrogen) atoms. The molecule has 0 bridgehead atoms. The van der Waals surface area contributed by atoms with Gasteiger partial charge in [-0.25, -0.2) is 4.98 Å². The van der Waals surface area contributed by atoms with Crippen LogP contribution in [-0.2, 0) is 12.6 Å². The van der Waals surface area contributed by atoms with Gasteiger partial charge in [0, 0.05) is 17.1 Å².